The molecule has 11 heteroatoms. The first-order chi connectivity index (χ1) is 16.3. The van der Waals surface area contributed by atoms with Gasteiger partial charge in [0, 0.05) is 12.1 Å². The predicted octanol–water partition coefficient (Wildman–Crippen LogP) is 3.51. The van der Waals surface area contributed by atoms with Crippen LogP contribution in [0.2, 0.25) is 0 Å². The van der Waals surface area contributed by atoms with E-state index in [9.17, 15) is 32.3 Å². The Kier molecular flexibility index (Phi) is 10.3. The van der Waals surface area contributed by atoms with Crippen LogP contribution in [0.1, 0.15) is 66.2 Å². The van der Waals surface area contributed by atoms with Gasteiger partial charge < -0.3 is 25.2 Å². The van der Waals surface area contributed by atoms with E-state index in [0.717, 1.165) is 32.1 Å². The van der Waals surface area contributed by atoms with Crippen LogP contribution in [0.5, 0.6) is 5.75 Å². The Morgan fingerprint density at radius 1 is 1.09 bits per heavy atom. The molecule has 0 aromatic heterocycles. The molecule has 1 aromatic carbocycles. The number of halogens is 4. The number of benzene rings is 1. The third-order valence-corrected chi connectivity index (χ3v) is 5.55. The topological polar surface area (TPSA) is 96.9 Å². The van der Waals surface area contributed by atoms with E-state index >= 15 is 0 Å². The van der Waals surface area contributed by atoms with Gasteiger partial charge in [-0.2, -0.15) is 8.78 Å². The fourth-order valence-corrected chi connectivity index (χ4v) is 3.82. The Morgan fingerprint density at radius 2 is 1.66 bits per heavy atom. The van der Waals surface area contributed by atoms with Gasteiger partial charge in [0.15, 0.2) is 17.4 Å². The summed E-state index contributed by atoms with van der Waals surface area (Å²) in [4.78, 5) is 25.1. The van der Waals surface area contributed by atoms with Gasteiger partial charge in [-0.05, 0) is 40.5 Å². The zero-order valence-corrected chi connectivity index (χ0v) is 20.4. The molecular weight excluding hydrogens is 472 g/mol. The van der Waals surface area contributed by atoms with Crippen molar-refractivity contribution in [3.63, 3.8) is 0 Å². The van der Waals surface area contributed by atoms with Crippen LogP contribution in [0.4, 0.5) is 17.6 Å². The van der Waals surface area contributed by atoms with Gasteiger partial charge in [0.2, 0.25) is 17.5 Å². The van der Waals surface area contributed by atoms with Crippen LogP contribution in [0.15, 0.2) is 6.07 Å². The number of ether oxygens (including phenoxy) is 2. The van der Waals surface area contributed by atoms with Gasteiger partial charge in [0.1, 0.15) is 18.3 Å². The standard InChI is InChI=1S/C24H34F4N2O5/c1-13(29-14-8-6-5-7-9-14)23(33)30-17(11-19(32)35-24(2,3)4)18(31)12-34-22-20(27)15(25)10-16(26)21(22)28/h10,13-14,17-18,29,31H,5-9,11-12H2,1-4H3,(H,30,33)/t13-,17?,18?/m0/s1. The molecule has 35 heavy (non-hydrogen) atoms. The summed E-state index contributed by atoms with van der Waals surface area (Å²) in [5, 5.41) is 16.3. The number of amides is 1. The van der Waals surface area contributed by atoms with Crippen molar-refractivity contribution in [2.24, 2.45) is 0 Å². The Balaban J connectivity index is 2.10. The fraction of sp³-hybridized carbons (Fsp3) is 0.667. The van der Waals surface area contributed by atoms with E-state index < -0.39 is 77.7 Å². The highest BCUT2D eigenvalue weighted by Gasteiger charge is 2.31. The van der Waals surface area contributed by atoms with E-state index in [1.807, 2.05) is 0 Å². The molecule has 1 aliphatic carbocycles. The van der Waals surface area contributed by atoms with Crippen LogP contribution in [0, 0.1) is 23.3 Å². The maximum absolute atomic E-state index is 13.9. The minimum atomic E-state index is -1.77. The zero-order valence-electron chi connectivity index (χ0n) is 20.4. The molecule has 1 amide bonds. The molecule has 2 unspecified atom stereocenters. The largest absolute Gasteiger partial charge is 0.485 e. The molecule has 0 spiro atoms. The Labute approximate surface area is 202 Å². The van der Waals surface area contributed by atoms with Gasteiger partial charge in [0.25, 0.3) is 0 Å². The van der Waals surface area contributed by atoms with Crippen LogP contribution in [-0.4, -0.2) is 53.4 Å². The normalized spacial score (nSPS) is 17.4. The fourth-order valence-electron chi connectivity index (χ4n) is 3.82. The van der Waals surface area contributed by atoms with Gasteiger partial charge in [-0.15, -0.1) is 0 Å². The number of carbonyl (C=O) groups is 2. The molecule has 198 valence electrons. The van der Waals surface area contributed by atoms with E-state index in [1.165, 1.54) is 0 Å². The summed E-state index contributed by atoms with van der Waals surface area (Å²) in [6.45, 7) is 5.68. The lowest BCUT2D eigenvalue weighted by Gasteiger charge is -2.29. The summed E-state index contributed by atoms with van der Waals surface area (Å²) in [5.41, 5.74) is -0.839. The average Bonchev–Trinajstić information content (AvgIpc) is 2.76. The first-order valence-electron chi connectivity index (χ1n) is 11.7. The number of aliphatic hydroxyl groups is 1. The predicted molar refractivity (Wildman–Crippen MR) is 120 cm³/mol. The van der Waals surface area contributed by atoms with Crippen molar-refractivity contribution < 1.29 is 41.7 Å². The van der Waals surface area contributed by atoms with Crippen LogP contribution < -0.4 is 15.4 Å². The van der Waals surface area contributed by atoms with Gasteiger partial charge in [-0.25, -0.2) is 8.78 Å². The van der Waals surface area contributed by atoms with Crippen molar-refractivity contribution in [2.45, 2.75) is 96.1 Å². The molecular formula is C24H34F4N2O5. The van der Waals surface area contributed by atoms with Crippen LogP contribution >= 0.6 is 0 Å². The van der Waals surface area contributed by atoms with E-state index in [-0.39, 0.29) is 12.1 Å². The molecule has 0 saturated heterocycles. The minimum absolute atomic E-state index is 0.0280. The first-order valence-corrected chi connectivity index (χ1v) is 11.7. The molecule has 7 nitrogen and oxygen atoms in total. The van der Waals surface area contributed by atoms with Gasteiger partial charge in [0.05, 0.1) is 18.5 Å². The summed E-state index contributed by atoms with van der Waals surface area (Å²) in [5.74, 6) is -9.50. The maximum atomic E-state index is 13.9. The molecule has 1 aromatic rings. The number of esters is 1. The summed E-state index contributed by atoms with van der Waals surface area (Å²) >= 11 is 0. The second-order valence-corrected chi connectivity index (χ2v) is 9.80. The molecule has 1 aliphatic rings. The van der Waals surface area contributed by atoms with Crippen LogP contribution in [0.3, 0.4) is 0 Å². The van der Waals surface area contributed by atoms with E-state index in [4.69, 9.17) is 9.47 Å². The van der Waals surface area contributed by atoms with Gasteiger partial charge in [-0.1, -0.05) is 19.3 Å². The molecule has 0 radical (unpaired) electrons. The van der Waals surface area contributed by atoms with Crippen molar-refractivity contribution in [3.05, 3.63) is 29.3 Å². The first kappa shape index (κ1) is 28.8. The SMILES string of the molecule is C[C@H](NC1CCCCC1)C(=O)NC(CC(=O)OC(C)(C)C)C(O)COc1c(F)c(F)cc(F)c1F. The summed E-state index contributed by atoms with van der Waals surface area (Å²) in [6.07, 6.45) is 2.95. The average molecular weight is 507 g/mol. The molecule has 0 bridgehead atoms. The zero-order chi connectivity index (χ0) is 26.3. The van der Waals surface area contributed by atoms with E-state index in [0.29, 0.717) is 0 Å². The molecule has 0 heterocycles. The highest BCUT2D eigenvalue weighted by Crippen LogP contribution is 2.27. The highest BCUT2D eigenvalue weighted by atomic mass is 19.2. The maximum Gasteiger partial charge on any atom is 0.308 e. The lowest BCUT2D eigenvalue weighted by Crippen LogP contribution is -2.54. The highest BCUT2D eigenvalue weighted by molar-refractivity contribution is 5.82. The van der Waals surface area contributed by atoms with Crippen LogP contribution in [-0.2, 0) is 14.3 Å². The number of aliphatic hydroxyl groups excluding tert-OH is 1. The van der Waals surface area contributed by atoms with Gasteiger partial charge >= 0.3 is 5.97 Å². The number of rotatable bonds is 10. The van der Waals surface area contributed by atoms with Crippen molar-refractivity contribution in [3.8, 4) is 5.75 Å². The third-order valence-electron chi connectivity index (χ3n) is 5.55. The van der Waals surface area contributed by atoms with E-state index in [2.05, 4.69) is 10.6 Å². The van der Waals surface area contributed by atoms with Crippen molar-refractivity contribution in [2.75, 3.05) is 6.61 Å². The Bertz CT molecular complexity index is 861. The second-order valence-electron chi connectivity index (χ2n) is 9.80. The molecule has 1 saturated carbocycles. The third kappa shape index (κ3) is 8.96. The smallest absolute Gasteiger partial charge is 0.308 e. The summed E-state index contributed by atoms with van der Waals surface area (Å²) in [6, 6.07) is -1.73. The Morgan fingerprint density at radius 3 is 2.20 bits per heavy atom. The number of hydrogen-bond acceptors (Lipinski definition) is 6. The summed E-state index contributed by atoms with van der Waals surface area (Å²) < 4.78 is 64.7. The van der Waals surface area contributed by atoms with Crippen molar-refractivity contribution in [1.82, 2.24) is 10.6 Å². The number of nitrogens with one attached hydrogen (secondary N) is 2. The quantitative estimate of drug-likeness (QED) is 0.255. The molecule has 1 fully saturated rings. The van der Waals surface area contributed by atoms with Gasteiger partial charge in [-0.3, -0.25) is 9.59 Å². The van der Waals surface area contributed by atoms with Crippen molar-refractivity contribution in [1.29, 1.82) is 0 Å². The second kappa shape index (κ2) is 12.5. The minimum Gasteiger partial charge on any atom is -0.485 e. The molecule has 2 rings (SSSR count). The monoisotopic (exact) mass is 506 g/mol. The van der Waals surface area contributed by atoms with Crippen LogP contribution in [0.25, 0.3) is 0 Å². The molecule has 3 atom stereocenters. The molecule has 0 aliphatic heterocycles. The lowest BCUT2D eigenvalue weighted by atomic mass is 9.95. The van der Waals surface area contributed by atoms with E-state index in [1.54, 1.807) is 27.7 Å². The Hall–Kier alpha value is -2.40. The number of hydrogen-bond donors (Lipinski definition) is 3. The molecule has 3 N–H and O–H groups in total. The number of carbonyl (C=O) groups excluding carboxylic acids is 2. The summed E-state index contributed by atoms with van der Waals surface area (Å²) in [7, 11) is 0. The lowest BCUT2D eigenvalue weighted by molar-refractivity contribution is -0.156. The van der Waals surface area contributed by atoms with Crippen molar-refractivity contribution >= 4 is 11.9 Å².